The molecule has 3 heteroatoms. The third-order valence-electron chi connectivity index (χ3n) is 2.63. The Balaban J connectivity index is 2.62. The van der Waals surface area contributed by atoms with E-state index in [1.807, 2.05) is 30.3 Å². The molecule has 1 aromatic heterocycles. The van der Waals surface area contributed by atoms with E-state index in [1.54, 1.807) is 13.1 Å². The van der Waals surface area contributed by atoms with E-state index in [0.29, 0.717) is 12.2 Å². The summed E-state index contributed by atoms with van der Waals surface area (Å²) in [5.74, 6) is 0.198. The number of nitrogens with two attached hydrogens (primary N) is 1. The molecule has 0 amide bonds. The van der Waals surface area contributed by atoms with Gasteiger partial charge < -0.3 is 10.8 Å². The van der Waals surface area contributed by atoms with Crippen molar-refractivity contribution < 1.29 is 5.11 Å². The number of nitrogens with zero attached hydrogens (tertiary/aromatic N) is 1. The molecule has 3 N–H and O–H groups in total. The number of benzene rings is 1. The van der Waals surface area contributed by atoms with Crippen molar-refractivity contribution in [2.24, 2.45) is 5.73 Å². The average molecular weight is 214 g/mol. The van der Waals surface area contributed by atoms with E-state index in [4.69, 9.17) is 5.73 Å². The van der Waals surface area contributed by atoms with Gasteiger partial charge >= 0.3 is 0 Å². The van der Waals surface area contributed by atoms with Gasteiger partial charge in [0.15, 0.2) is 0 Å². The van der Waals surface area contributed by atoms with Gasteiger partial charge in [0.25, 0.3) is 0 Å². The first-order chi connectivity index (χ1) is 7.74. The second-order valence-electron chi connectivity index (χ2n) is 3.65. The summed E-state index contributed by atoms with van der Waals surface area (Å²) in [6.45, 7) is 2.07. The van der Waals surface area contributed by atoms with Crippen LogP contribution in [0.5, 0.6) is 5.75 Å². The minimum Gasteiger partial charge on any atom is -0.506 e. The minimum atomic E-state index is 0.198. The fraction of sp³-hybridized carbons (Fsp3) is 0.154. The number of hydrogen-bond acceptors (Lipinski definition) is 3. The molecule has 82 valence electrons. The van der Waals surface area contributed by atoms with Crippen molar-refractivity contribution in [3.63, 3.8) is 0 Å². The predicted octanol–water partition coefficient (Wildman–Crippen LogP) is 2.22. The Morgan fingerprint density at radius 1 is 1.25 bits per heavy atom. The van der Waals surface area contributed by atoms with E-state index in [1.165, 1.54) is 0 Å². The first-order valence-electron chi connectivity index (χ1n) is 5.17. The molecule has 1 aromatic carbocycles. The van der Waals surface area contributed by atoms with Crippen molar-refractivity contribution in [2.75, 3.05) is 0 Å². The lowest BCUT2D eigenvalue weighted by Crippen LogP contribution is -2.02. The highest BCUT2D eigenvalue weighted by molar-refractivity contribution is 5.69. The molecule has 3 nitrogen and oxygen atoms in total. The topological polar surface area (TPSA) is 59.1 Å². The second-order valence-corrected chi connectivity index (χ2v) is 3.65. The summed E-state index contributed by atoms with van der Waals surface area (Å²) in [6.07, 6.45) is 1.76. The van der Waals surface area contributed by atoms with Crippen molar-refractivity contribution in [1.82, 2.24) is 4.98 Å². The largest absolute Gasteiger partial charge is 0.506 e. The van der Waals surface area contributed by atoms with Gasteiger partial charge in [0.05, 0.1) is 5.69 Å². The van der Waals surface area contributed by atoms with Crippen LogP contribution < -0.4 is 5.73 Å². The lowest BCUT2D eigenvalue weighted by atomic mass is 10.0. The first kappa shape index (κ1) is 10.6. The Hall–Kier alpha value is -1.87. The van der Waals surface area contributed by atoms with Crippen LogP contribution in [0.1, 0.15) is 11.3 Å². The van der Waals surface area contributed by atoms with Crippen LogP contribution in [0.4, 0.5) is 0 Å². The maximum Gasteiger partial charge on any atom is 0.141 e. The van der Waals surface area contributed by atoms with Crippen molar-refractivity contribution in [1.29, 1.82) is 0 Å². The number of aryl methyl sites for hydroxylation is 1. The molecule has 0 aliphatic carbocycles. The monoisotopic (exact) mass is 214 g/mol. The van der Waals surface area contributed by atoms with Gasteiger partial charge in [0.1, 0.15) is 5.75 Å². The molecule has 0 atom stereocenters. The summed E-state index contributed by atoms with van der Waals surface area (Å²) in [5, 5.41) is 9.90. The summed E-state index contributed by atoms with van der Waals surface area (Å²) in [7, 11) is 0. The molecule has 0 fully saturated rings. The quantitative estimate of drug-likeness (QED) is 0.805. The highest BCUT2D eigenvalue weighted by Crippen LogP contribution is 2.30. The number of pyridine rings is 1. The number of rotatable bonds is 2. The van der Waals surface area contributed by atoms with Gasteiger partial charge in [-0.2, -0.15) is 0 Å². The third-order valence-corrected chi connectivity index (χ3v) is 2.63. The first-order valence-corrected chi connectivity index (χ1v) is 5.17. The molecular formula is C13H14N2O. The van der Waals surface area contributed by atoms with E-state index >= 15 is 0 Å². The highest BCUT2D eigenvalue weighted by atomic mass is 16.3. The molecule has 0 saturated heterocycles. The summed E-state index contributed by atoms with van der Waals surface area (Å²) in [5.41, 5.74) is 8.94. The normalized spacial score (nSPS) is 10.4. The number of aromatic hydroxyl groups is 1. The molecule has 1 heterocycles. The Kier molecular flexibility index (Phi) is 2.88. The summed E-state index contributed by atoms with van der Waals surface area (Å²) in [4.78, 5) is 4.16. The van der Waals surface area contributed by atoms with Gasteiger partial charge in [-0.3, -0.25) is 4.98 Å². The van der Waals surface area contributed by atoms with Crippen LogP contribution in [0.3, 0.4) is 0 Å². The highest BCUT2D eigenvalue weighted by Gasteiger charge is 2.11. The van der Waals surface area contributed by atoms with Crippen LogP contribution in [0.2, 0.25) is 0 Å². The smallest absolute Gasteiger partial charge is 0.141 e. The van der Waals surface area contributed by atoms with Gasteiger partial charge in [-0.15, -0.1) is 0 Å². The molecule has 0 bridgehead atoms. The lowest BCUT2D eigenvalue weighted by Gasteiger charge is -2.11. The van der Waals surface area contributed by atoms with Crippen LogP contribution in [-0.4, -0.2) is 10.1 Å². The Morgan fingerprint density at radius 3 is 2.56 bits per heavy atom. The Morgan fingerprint density at radius 2 is 1.94 bits per heavy atom. The molecule has 0 aliphatic rings. The van der Waals surface area contributed by atoms with Crippen molar-refractivity contribution >= 4 is 0 Å². The molecule has 16 heavy (non-hydrogen) atoms. The molecule has 2 aromatic rings. The molecule has 0 unspecified atom stereocenters. The Bertz CT molecular complexity index is 495. The van der Waals surface area contributed by atoms with E-state index in [2.05, 4.69) is 4.98 Å². The van der Waals surface area contributed by atoms with Crippen LogP contribution in [0, 0.1) is 6.92 Å². The van der Waals surface area contributed by atoms with E-state index in [0.717, 1.165) is 16.7 Å². The molecule has 0 radical (unpaired) electrons. The average Bonchev–Trinajstić information content (AvgIpc) is 2.33. The van der Waals surface area contributed by atoms with Crippen molar-refractivity contribution in [3.8, 4) is 16.9 Å². The molecule has 2 rings (SSSR count). The predicted molar refractivity (Wildman–Crippen MR) is 64.0 cm³/mol. The summed E-state index contributed by atoms with van der Waals surface area (Å²) in [6, 6.07) is 9.81. The SMILES string of the molecule is Cc1ncc(-c2ccccc2)c(CN)c1O. The third kappa shape index (κ3) is 1.77. The second kappa shape index (κ2) is 4.33. The summed E-state index contributed by atoms with van der Waals surface area (Å²) < 4.78 is 0. The van der Waals surface area contributed by atoms with E-state index < -0.39 is 0 Å². The molecule has 0 saturated carbocycles. The maximum absolute atomic E-state index is 9.90. The number of hydrogen-bond donors (Lipinski definition) is 2. The molecule has 0 aliphatic heterocycles. The minimum absolute atomic E-state index is 0.198. The molecular weight excluding hydrogens is 200 g/mol. The fourth-order valence-electron chi connectivity index (χ4n) is 1.72. The fourth-order valence-corrected chi connectivity index (χ4v) is 1.72. The zero-order valence-corrected chi connectivity index (χ0v) is 9.14. The van der Waals surface area contributed by atoms with Gasteiger partial charge in [0, 0.05) is 23.9 Å². The van der Waals surface area contributed by atoms with Gasteiger partial charge in [-0.1, -0.05) is 30.3 Å². The van der Waals surface area contributed by atoms with Gasteiger partial charge in [0.2, 0.25) is 0 Å². The number of aromatic nitrogens is 1. The zero-order valence-electron chi connectivity index (χ0n) is 9.14. The lowest BCUT2D eigenvalue weighted by molar-refractivity contribution is 0.461. The zero-order chi connectivity index (χ0) is 11.5. The van der Waals surface area contributed by atoms with Crippen molar-refractivity contribution in [3.05, 3.63) is 47.8 Å². The van der Waals surface area contributed by atoms with Gasteiger partial charge in [-0.05, 0) is 12.5 Å². The van der Waals surface area contributed by atoms with Crippen LogP contribution >= 0.6 is 0 Å². The standard InChI is InChI=1S/C13H14N2O/c1-9-13(16)11(7-14)12(8-15-9)10-5-3-2-4-6-10/h2-6,8,16H,7,14H2,1H3. The van der Waals surface area contributed by atoms with Gasteiger partial charge in [-0.25, -0.2) is 0 Å². The van der Waals surface area contributed by atoms with E-state index in [9.17, 15) is 5.11 Å². The van der Waals surface area contributed by atoms with Crippen LogP contribution in [0.15, 0.2) is 36.5 Å². The van der Waals surface area contributed by atoms with E-state index in [-0.39, 0.29) is 5.75 Å². The van der Waals surface area contributed by atoms with Crippen molar-refractivity contribution in [2.45, 2.75) is 13.5 Å². The van der Waals surface area contributed by atoms with Crippen LogP contribution in [0.25, 0.3) is 11.1 Å². The van der Waals surface area contributed by atoms with Crippen LogP contribution in [-0.2, 0) is 6.54 Å². The molecule has 0 spiro atoms. The summed E-state index contributed by atoms with van der Waals surface area (Å²) >= 11 is 0. The maximum atomic E-state index is 9.90. The Labute approximate surface area is 94.6 Å².